The number of nitrogens with zero attached hydrogens (tertiary/aromatic N) is 1. The van der Waals surface area contributed by atoms with Gasteiger partial charge in [0.2, 0.25) is 5.91 Å². The van der Waals surface area contributed by atoms with Gasteiger partial charge in [-0.2, -0.15) is 0 Å². The highest BCUT2D eigenvalue weighted by molar-refractivity contribution is 7.95. The van der Waals surface area contributed by atoms with Crippen LogP contribution in [0.15, 0.2) is 42.5 Å². The van der Waals surface area contributed by atoms with Gasteiger partial charge in [0.25, 0.3) is 10.0 Å². The summed E-state index contributed by atoms with van der Waals surface area (Å²) in [4.78, 5) is 13.5. The molecule has 3 aromatic carbocycles. The van der Waals surface area contributed by atoms with Crippen LogP contribution < -0.4 is 9.62 Å². The van der Waals surface area contributed by atoms with Crippen LogP contribution in [-0.4, -0.2) is 29.3 Å². The molecule has 0 heterocycles. The van der Waals surface area contributed by atoms with Crippen molar-refractivity contribution in [1.29, 1.82) is 0 Å². The highest BCUT2D eigenvalue weighted by Gasteiger charge is 2.64. The maximum Gasteiger partial charge on any atom is 0.254 e. The van der Waals surface area contributed by atoms with E-state index in [1.165, 1.54) is 25.8 Å². The van der Waals surface area contributed by atoms with E-state index in [0.717, 1.165) is 43.9 Å². The van der Waals surface area contributed by atoms with Crippen LogP contribution in [0.3, 0.4) is 0 Å². The number of phenolic OH excluding ortho intramolecular Hbond substituents is 1. The smallest absolute Gasteiger partial charge is 0.254 e. The summed E-state index contributed by atoms with van der Waals surface area (Å²) in [7, 11) is -5.24. The second kappa shape index (κ2) is 12.5. The molecule has 0 aromatic heterocycles. The fourth-order valence-electron chi connectivity index (χ4n) is 6.09. The lowest BCUT2D eigenvalue weighted by Crippen LogP contribution is -2.48. The summed E-state index contributed by atoms with van der Waals surface area (Å²) >= 11 is 0. The van der Waals surface area contributed by atoms with Crippen molar-refractivity contribution < 1.29 is 45.4 Å². The van der Waals surface area contributed by atoms with E-state index in [1.54, 1.807) is 0 Å². The molecule has 0 spiro atoms. The first-order valence-corrected chi connectivity index (χ1v) is 16.5. The third kappa shape index (κ3) is 5.94. The molecule has 0 saturated heterocycles. The molecule has 1 amide bonds. The van der Waals surface area contributed by atoms with Crippen molar-refractivity contribution in [2.75, 3.05) is 4.31 Å². The molecule has 13 heteroatoms. The molecule has 46 heavy (non-hydrogen) atoms. The fourth-order valence-corrected chi connectivity index (χ4v) is 8.16. The summed E-state index contributed by atoms with van der Waals surface area (Å²) in [6, 6.07) is 10.3. The highest BCUT2D eigenvalue weighted by Crippen LogP contribution is 2.51. The van der Waals surface area contributed by atoms with Gasteiger partial charge in [-0.05, 0) is 62.6 Å². The Balaban J connectivity index is 1.52. The third-order valence-electron chi connectivity index (χ3n) is 8.90. The minimum atomic E-state index is -5.24. The van der Waals surface area contributed by atoms with Crippen LogP contribution in [0.2, 0.25) is 0 Å². The van der Waals surface area contributed by atoms with Crippen LogP contribution in [0.5, 0.6) is 5.75 Å². The maximum absolute atomic E-state index is 15.4. The number of carbonyl (C=O) groups is 1. The highest BCUT2D eigenvalue weighted by atomic mass is 32.2. The Kier molecular flexibility index (Phi) is 9.13. The molecule has 0 aliphatic heterocycles. The predicted octanol–water partition coefficient (Wildman–Crippen LogP) is 7.01. The van der Waals surface area contributed by atoms with Gasteiger partial charge in [0.15, 0.2) is 28.0 Å². The number of hydrogen-bond acceptors (Lipinski definition) is 5. The van der Waals surface area contributed by atoms with Gasteiger partial charge in [0.05, 0.1) is 16.9 Å². The van der Waals surface area contributed by atoms with Gasteiger partial charge >= 0.3 is 0 Å². The summed E-state index contributed by atoms with van der Waals surface area (Å²) in [5.41, 5.74) is -3.91. The zero-order valence-electron chi connectivity index (χ0n) is 25.3. The number of alkyl halides is 1. The van der Waals surface area contributed by atoms with E-state index in [4.69, 9.17) is 0 Å². The Hall–Kier alpha value is -3.71. The van der Waals surface area contributed by atoms with Crippen molar-refractivity contribution >= 4 is 27.3 Å². The Bertz CT molecular complexity index is 1720. The molecule has 0 unspecified atom stereocenters. The molecular weight excluding hydrogens is 631 g/mol. The topological polar surface area (TPSA) is 107 Å². The second-order valence-electron chi connectivity index (χ2n) is 12.5. The minimum absolute atomic E-state index is 0.0701. The molecule has 3 N–H and O–H groups in total. The molecule has 0 bridgehead atoms. The SMILES string of the molecule is CC(C)(O)c1ccc(N(c2c(F)c(F)c(CF)c(F)c2F)S(=O)(=O)C2(C(=O)NCc3ccc(C4CCCCC4)cc3)CC2)cc1O. The number of aromatic hydroxyl groups is 1. The molecule has 7 nitrogen and oxygen atoms in total. The van der Waals surface area contributed by atoms with Gasteiger partial charge in [0.1, 0.15) is 18.1 Å². The standard InChI is InChI=1S/C33H35F5N2O5S/c1-32(2,43)24-13-12-22(16-25(24)41)40(30-28(37)26(35)23(17-34)27(36)29(30)38)46(44,45)33(14-15-33)31(42)39-18-19-8-10-21(11-9-19)20-6-4-3-5-7-20/h8-13,16,20,41,43H,3-7,14-15,17-18H2,1-2H3,(H,39,42). The number of aliphatic hydroxyl groups is 1. The molecule has 2 aliphatic carbocycles. The van der Waals surface area contributed by atoms with Crippen LogP contribution in [-0.2, 0) is 33.6 Å². The summed E-state index contributed by atoms with van der Waals surface area (Å²) in [5.74, 6) is -9.99. The number of nitrogens with one attached hydrogen (secondary N) is 1. The average molecular weight is 667 g/mol. The van der Waals surface area contributed by atoms with Crippen molar-refractivity contribution in [3.63, 3.8) is 0 Å². The first kappa shape index (κ1) is 33.6. The molecule has 248 valence electrons. The molecule has 2 fully saturated rings. The Morgan fingerprint density at radius 2 is 1.54 bits per heavy atom. The van der Waals surface area contributed by atoms with Gasteiger partial charge < -0.3 is 15.5 Å². The molecule has 0 atom stereocenters. The van der Waals surface area contributed by atoms with Gasteiger partial charge in [-0.25, -0.2) is 34.7 Å². The molecule has 5 rings (SSSR count). The summed E-state index contributed by atoms with van der Waals surface area (Å²) in [6.07, 6.45) is 5.14. The van der Waals surface area contributed by atoms with Crippen LogP contribution in [0.1, 0.15) is 87.0 Å². The van der Waals surface area contributed by atoms with E-state index >= 15 is 8.78 Å². The molecular formula is C33H35F5N2O5S. The van der Waals surface area contributed by atoms with Crippen LogP contribution >= 0.6 is 0 Å². The number of carbonyl (C=O) groups excluding carboxylic acids is 1. The summed E-state index contributed by atoms with van der Waals surface area (Å²) in [6.45, 7) is 0.624. The van der Waals surface area contributed by atoms with E-state index < -0.39 is 78.9 Å². The zero-order chi connectivity index (χ0) is 33.6. The van der Waals surface area contributed by atoms with Crippen LogP contribution in [0.4, 0.5) is 33.3 Å². The largest absolute Gasteiger partial charge is 0.507 e. The summed E-state index contributed by atoms with van der Waals surface area (Å²) < 4.78 is 99.8. The van der Waals surface area contributed by atoms with Gasteiger partial charge in [-0.3, -0.25) is 4.79 Å². The minimum Gasteiger partial charge on any atom is -0.507 e. The quantitative estimate of drug-likeness (QED) is 0.160. The number of sulfonamides is 1. The lowest BCUT2D eigenvalue weighted by molar-refractivity contribution is -0.121. The van der Waals surface area contributed by atoms with Gasteiger partial charge in [-0.15, -0.1) is 0 Å². The third-order valence-corrected chi connectivity index (χ3v) is 11.4. The van der Waals surface area contributed by atoms with Crippen molar-refractivity contribution in [3.05, 3.63) is 88.0 Å². The Morgan fingerprint density at radius 1 is 0.957 bits per heavy atom. The van der Waals surface area contributed by atoms with Gasteiger partial charge in [0, 0.05) is 18.2 Å². The van der Waals surface area contributed by atoms with Crippen molar-refractivity contribution in [3.8, 4) is 5.75 Å². The van der Waals surface area contributed by atoms with E-state index in [9.17, 15) is 36.6 Å². The van der Waals surface area contributed by atoms with E-state index in [1.807, 2.05) is 24.3 Å². The van der Waals surface area contributed by atoms with Crippen molar-refractivity contribution in [1.82, 2.24) is 5.32 Å². The molecule has 2 saturated carbocycles. The van der Waals surface area contributed by atoms with Crippen LogP contribution in [0.25, 0.3) is 0 Å². The van der Waals surface area contributed by atoms with E-state index in [2.05, 4.69) is 5.32 Å². The maximum atomic E-state index is 15.4. The molecule has 0 radical (unpaired) electrons. The van der Waals surface area contributed by atoms with Gasteiger partial charge in [-0.1, -0.05) is 49.6 Å². The first-order chi connectivity index (χ1) is 21.6. The zero-order valence-corrected chi connectivity index (χ0v) is 26.2. The number of anilines is 2. The Labute approximate surface area is 264 Å². The first-order valence-electron chi connectivity index (χ1n) is 15.0. The number of hydrogen-bond donors (Lipinski definition) is 3. The number of benzene rings is 3. The van der Waals surface area contributed by atoms with Crippen molar-refractivity contribution in [2.45, 2.75) is 88.3 Å². The molecule has 3 aromatic rings. The lowest BCUT2D eigenvalue weighted by Gasteiger charge is -2.30. The van der Waals surface area contributed by atoms with E-state index in [0.29, 0.717) is 11.5 Å². The number of halogens is 5. The number of amides is 1. The normalized spacial score (nSPS) is 16.7. The Morgan fingerprint density at radius 3 is 2.04 bits per heavy atom. The lowest BCUT2D eigenvalue weighted by atomic mass is 9.84. The van der Waals surface area contributed by atoms with Crippen LogP contribution in [0, 0.1) is 23.3 Å². The monoisotopic (exact) mass is 666 g/mol. The number of phenols is 1. The average Bonchev–Trinajstić information content (AvgIpc) is 3.84. The fraction of sp³-hybridized carbons (Fsp3) is 0.424. The predicted molar refractivity (Wildman–Crippen MR) is 162 cm³/mol. The second-order valence-corrected chi connectivity index (χ2v) is 14.6. The number of rotatable bonds is 10. The van der Waals surface area contributed by atoms with Crippen molar-refractivity contribution in [2.24, 2.45) is 0 Å². The summed E-state index contributed by atoms with van der Waals surface area (Å²) in [5, 5.41) is 23.5. The molecule has 2 aliphatic rings. The van der Waals surface area contributed by atoms with E-state index in [-0.39, 0.29) is 29.3 Å².